The molecule has 0 unspecified atom stereocenters. The monoisotopic (exact) mass is 251 g/mol. The van der Waals surface area contributed by atoms with Gasteiger partial charge in [-0.1, -0.05) is 11.6 Å². The normalized spacial score (nSPS) is 10.4. The summed E-state index contributed by atoms with van der Waals surface area (Å²) in [7, 11) is 2.30. The number of halogens is 3. The van der Waals surface area contributed by atoms with E-state index in [1.807, 2.05) is 0 Å². The van der Waals surface area contributed by atoms with Gasteiger partial charge in [0.25, 0.3) is 6.43 Å². The second kappa shape index (κ2) is 5.07. The van der Waals surface area contributed by atoms with Crippen LogP contribution in [0, 0.1) is 0 Å². The molecule has 7 heteroatoms. The molecular formula is C9H8ClF2NO3. The summed E-state index contributed by atoms with van der Waals surface area (Å²) in [5, 5.41) is -0.242. The first-order valence-electron chi connectivity index (χ1n) is 4.12. The molecule has 0 aliphatic carbocycles. The number of ether oxygens (including phenoxy) is 2. The van der Waals surface area contributed by atoms with Crippen LogP contribution in [-0.2, 0) is 4.74 Å². The van der Waals surface area contributed by atoms with Crippen molar-refractivity contribution in [3.8, 4) is 5.88 Å². The fourth-order valence-corrected chi connectivity index (χ4v) is 1.27. The Morgan fingerprint density at radius 3 is 2.56 bits per heavy atom. The van der Waals surface area contributed by atoms with Crippen LogP contribution in [0.5, 0.6) is 5.88 Å². The van der Waals surface area contributed by atoms with Crippen molar-refractivity contribution in [2.45, 2.75) is 6.43 Å². The summed E-state index contributed by atoms with van der Waals surface area (Å²) in [6.07, 6.45) is -2.82. The molecular weight excluding hydrogens is 244 g/mol. The molecule has 0 spiro atoms. The number of carbonyl (C=O) groups is 1. The zero-order valence-electron chi connectivity index (χ0n) is 8.46. The highest BCUT2D eigenvalue weighted by Crippen LogP contribution is 2.31. The van der Waals surface area contributed by atoms with Crippen molar-refractivity contribution in [1.82, 2.24) is 4.98 Å². The number of hydrogen-bond donors (Lipinski definition) is 0. The highest BCUT2D eigenvalue weighted by molar-refractivity contribution is 6.32. The second-order valence-electron chi connectivity index (χ2n) is 2.72. The molecule has 1 rings (SSSR count). The van der Waals surface area contributed by atoms with Crippen LogP contribution in [0.4, 0.5) is 8.78 Å². The first-order valence-corrected chi connectivity index (χ1v) is 4.50. The molecule has 0 saturated carbocycles. The van der Waals surface area contributed by atoms with E-state index < -0.39 is 18.0 Å². The molecule has 0 saturated heterocycles. The standard InChI is InChI=1S/C9H8ClF2NO3/c1-15-8-5(7(11)12)3-4(6(10)13-8)9(14)16-2/h3,7H,1-2H3. The van der Waals surface area contributed by atoms with E-state index in [9.17, 15) is 13.6 Å². The molecule has 4 nitrogen and oxygen atoms in total. The maximum Gasteiger partial charge on any atom is 0.341 e. The van der Waals surface area contributed by atoms with Crippen molar-refractivity contribution in [3.63, 3.8) is 0 Å². The second-order valence-corrected chi connectivity index (χ2v) is 3.08. The highest BCUT2D eigenvalue weighted by Gasteiger charge is 2.22. The molecule has 1 aromatic heterocycles. The van der Waals surface area contributed by atoms with Crippen LogP contribution in [0.25, 0.3) is 0 Å². The Balaban J connectivity index is 3.33. The van der Waals surface area contributed by atoms with Crippen molar-refractivity contribution in [3.05, 3.63) is 22.3 Å². The number of pyridine rings is 1. The van der Waals surface area contributed by atoms with Crippen molar-refractivity contribution in [1.29, 1.82) is 0 Å². The van der Waals surface area contributed by atoms with Gasteiger partial charge in [0.15, 0.2) is 0 Å². The lowest BCUT2D eigenvalue weighted by Crippen LogP contribution is -2.06. The van der Waals surface area contributed by atoms with Crippen LogP contribution in [0.3, 0.4) is 0 Å². The Hall–Kier alpha value is -1.43. The molecule has 0 fully saturated rings. The van der Waals surface area contributed by atoms with Crippen molar-refractivity contribution in [2.75, 3.05) is 14.2 Å². The van der Waals surface area contributed by atoms with Crippen LogP contribution >= 0.6 is 11.6 Å². The van der Waals surface area contributed by atoms with E-state index in [0.717, 1.165) is 13.2 Å². The number of carbonyl (C=O) groups excluding carboxylic acids is 1. The average Bonchev–Trinajstić information content (AvgIpc) is 2.27. The minimum Gasteiger partial charge on any atom is -0.481 e. The predicted molar refractivity (Wildman–Crippen MR) is 52.1 cm³/mol. The molecule has 0 N–H and O–H groups in total. The Morgan fingerprint density at radius 2 is 2.12 bits per heavy atom. The maximum absolute atomic E-state index is 12.6. The average molecular weight is 252 g/mol. The van der Waals surface area contributed by atoms with Gasteiger partial charge in [-0.3, -0.25) is 0 Å². The van der Waals surface area contributed by atoms with Crippen molar-refractivity contribution < 1.29 is 23.0 Å². The molecule has 0 aliphatic heterocycles. The smallest absolute Gasteiger partial charge is 0.341 e. The number of rotatable bonds is 3. The summed E-state index contributed by atoms with van der Waals surface area (Å²) < 4.78 is 34.2. The quantitative estimate of drug-likeness (QED) is 0.612. The highest BCUT2D eigenvalue weighted by atomic mass is 35.5. The van der Waals surface area contributed by atoms with Crippen LogP contribution in [-0.4, -0.2) is 25.2 Å². The van der Waals surface area contributed by atoms with Gasteiger partial charge in [-0.05, 0) is 6.07 Å². The van der Waals surface area contributed by atoms with Crippen molar-refractivity contribution in [2.24, 2.45) is 0 Å². The third-order valence-corrected chi connectivity index (χ3v) is 2.09. The number of hydrogen-bond acceptors (Lipinski definition) is 4. The lowest BCUT2D eigenvalue weighted by Gasteiger charge is -2.09. The maximum atomic E-state index is 12.6. The SMILES string of the molecule is COC(=O)c1cc(C(F)F)c(OC)nc1Cl. The van der Waals surface area contributed by atoms with Crippen LogP contribution < -0.4 is 4.74 Å². The van der Waals surface area contributed by atoms with Gasteiger partial charge in [-0.25, -0.2) is 18.6 Å². The zero-order valence-corrected chi connectivity index (χ0v) is 9.22. The number of alkyl halides is 2. The Morgan fingerprint density at radius 1 is 1.50 bits per heavy atom. The minimum atomic E-state index is -2.82. The third kappa shape index (κ3) is 2.38. The molecule has 0 aromatic carbocycles. The summed E-state index contributed by atoms with van der Waals surface area (Å²) in [5.41, 5.74) is -0.729. The van der Waals surface area contributed by atoms with Gasteiger partial charge in [-0.15, -0.1) is 0 Å². The van der Waals surface area contributed by atoms with Gasteiger partial charge in [0.05, 0.1) is 25.3 Å². The number of nitrogens with zero attached hydrogens (tertiary/aromatic N) is 1. The van der Waals surface area contributed by atoms with Gasteiger partial charge in [0, 0.05) is 0 Å². The van der Waals surface area contributed by atoms with Gasteiger partial charge < -0.3 is 9.47 Å². The Kier molecular flexibility index (Phi) is 4.00. The zero-order chi connectivity index (χ0) is 12.3. The molecule has 1 heterocycles. The molecule has 16 heavy (non-hydrogen) atoms. The fraction of sp³-hybridized carbons (Fsp3) is 0.333. The van der Waals surface area contributed by atoms with E-state index in [4.69, 9.17) is 11.6 Å². The Bertz CT molecular complexity index is 412. The molecule has 0 atom stereocenters. The first-order chi connectivity index (χ1) is 7.51. The largest absolute Gasteiger partial charge is 0.481 e. The molecule has 0 bridgehead atoms. The third-order valence-electron chi connectivity index (χ3n) is 1.80. The van der Waals surface area contributed by atoms with Crippen molar-refractivity contribution >= 4 is 17.6 Å². The first kappa shape index (κ1) is 12.6. The van der Waals surface area contributed by atoms with E-state index in [2.05, 4.69) is 14.5 Å². The molecule has 0 radical (unpaired) electrons. The molecule has 0 amide bonds. The predicted octanol–water partition coefficient (Wildman–Crippen LogP) is 2.47. The minimum absolute atomic E-state index is 0.222. The summed E-state index contributed by atoms with van der Waals surface area (Å²) in [4.78, 5) is 14.7. The van der Waals surface area contributed by atoms with Gasteiger partial charge >= 0.3 is 5.97 Å². The van der Waals surface area contributed by atoms with Gasteiger partial charge in [0.1, 0.15) is 5.15 Å². The van der Waals surface area contributed by atoms with Crippen LogP contribution in [0.2, 0.25) is 5.15 Å². The topological polar surface area (TPSA) is 48.4 Å². The number of methoxy groups -OCH3 is 2. The Labute approximate surface area is 95.1 Å². The molecule has 0 aliphatic rings. The number of esters is 1. The summed E-state index contributed by atoms with van der Waals surface area (Å²) >= 11 is 5.62. The van der Waals surface area contributed by atoms with Gasteiger partial charge in [-0.2, -0.15) is 0 Å². The fourth-order valence-electron chi connectivity index (χ4n) is 1.06. The van der Waals surface area contributed by atoms with E-state index in [1.165, 1.54) is 7.11 Å². The van der Waals surface area contributed by atoms with Gasteiger partial charge in [0.2, 0.25) is 5.88 Å². The van der Waals surface area contributed by atoms with E-state index in [0.29, 0.717) is 0 Å². The lowest BCUT2D eigenvalue weighted by atomic mass is 10.2. The summed E-state index contributed by atoms with van der Waals surface area (Å²) in [5.74, 6) is -1.14. The van der Waals surface area contributed by atoms with Crippen LogP contribution in [0.15, 0.2) is 6.07 Å². The molecule has 1 aromatic rings. The van der Waals surface area contributed by atoms with Crippen LogP contribution in [0.1, 0.15) is 22.3 Å². The van der Waals surface area contributed by atoms with E-state index in [1.54, 1.807) is 0 Å². The number of aromatic nitrogens is 1. The molecule has 88 valence electrons. The lowest BCUT2D eigenvalue weighted by molar-refractivity contribution is 0.0599. The van der Waals surface area contributed by atoms with E-state index in [-0.39, 0.29) is 16.6 Å². The summed E-state index contributed by atoms with van der Waals surface area (Å²) in [6, 6.07) is 0.907. The van der Waals surface area contributed by atoms with E-state index >= 15 is 0 Å². The summed E-state index contributed by atoms with van der Waals surface area (Å²) in [6.45, 7) is 0.